The minimum Gasteiger partial charge on any atom is -0.453 e. The number of aliphatic hydroxyl groups excluding tert-OH is 1. The molecule has 0 saturated carbocycles. The predicted octanol–water partition coefficient (Wildman–Crippen LogP) is 1.41. The second-order valence-electron chi connectivity index (χ2n) is 9.17. The molecule has 0 aliphatic rings. The molecule has 0 unspecified atom stereocenters. The van der Waals surface area contributed by atoms with E-state index < -0.39 is 30.2 Å². The molecule has 1 aromatic heterocycles. The van der Waals surface area contributed by atoms with E-state index in [0.29, 0.717) is 13.0 Å². The van der Waals surface area contributed by atoms with E-state index in [1.807, 2.05) is 68.4 Å². The van der Waals surface area contributed by atoms with E-state index in [0.717, 1.165) is 16.8 Å². The quantitative estimate of drug-likeness (QED) is 0.212. The third kappa shape index (κ3) is 8.38. The lowest BCUT2D eigenvalue weighted by Gasteiger charge is -2.30. The molecule has 5 N–H and O–H groups in total. The van der Waals surface area contributed by atoms with Gasteiger partial charge in [0.25, 0.3) is 0 Å². The molecule has 0 saturated heterocycles. The van der Waals surface area contributed by atoms with Crippen molar-refractivity contribution in [3.63, 3.8) is 0 Å². The monoisotopic (exact) mass is 509 g/mol. The van der Waals surface area contributed by atoms with Crippen LogP contribution in [0.1, 0.15) is 25.0 Å². The number of nitrogens with one attached hydrogen (secondary N) is 2. The highest BCUT2D eigenvalue weighted by molar-refractivity contribution is 5.86. The van der Waals surface area contributed by atoms with Crippen molar-refractivity contribution in [3.8, 4) is 5.69 Å². The molecule has 2 amide bonds. The smallest absolute Gasteiger partial charge is 0.407 e. The molecule has 11 nitrogen and oxygen atoms in total. The summed E-state index contributed by atoms with van der Waals surface area (Å²) in [5.74, 6) is 5.65. The molecule has 0 bridgehead atoms. The minimum absolute atomic E-state index is 0.110. The Morgan fingerprint density at radius 2 is 1.78 bits per heavy atom. The number of carbonyl (C=O) groups excluding carboxylic acids is 2. The van der Waals surface area contributed by atoms with Gasteiger partial charge >= 0.3 is 6.09 Å². The molecular formula is C26H35N7O4. The van der Waals surface area contributed by atoms with Crippen LogP contribution in [0.15, 0.2) is 67.3 Å². The fraction of sp³-hybridized carbons (Fsp3) is 0.385. The Hall–Kier alpha value is -3.80. The molecule has 0 spiro atoms. The molecule has 37 heavy (non-hydrogen) atoms. The van der Waals surface area contributed by atoms with E-state index >= 15 is 0 Å². The average molecular weight is 510 g/mol. The van der Waals surface area contributed by atoms with Crippen molar-refractivity contribution in [1.82, 2.24) is 30.4 Å². The zero-order chi connectivity index (χ0) is 26.8. The van der Waals surface area contributed by atoms with Crippen molar-refractivity contribution in [2.45, 2.75) is 45.0 Å². The fourth-order valence-corrected chi connectivity index (χ4v) is 3.91. The van der Waals surface area contributed by atoms with Gasteiger partial charge in [0.05, 0.1) is 24.9 Å². The minimum atomic E-state index is -0.977. The number of alkyl carbamates (subject to hydrolysis) is 1. The number of nitrogens with two attached hydrogens (primary N) is 1. The summed E-state index contributed by atoms with van der Waals surface area (Å²) in [6.45, 7) is 4.13. The van der Waals surface area contributed by atoms with Crippen LogP contribution in [-0.2, 0) is 22.5 Å². The number of carbonyl (C=O) groups is 2. The Bertz CT molecular complexity index is 1110. The van der Waals surface area contributed by atoms with E-state index in [1.165, 1.54) is 18.4 Å². The number of methoxy groups -OCH3 is 1. The normalized spacial score (nSPS) is 13.7. The lowest BCUT2D eigenvalue weighted by molar-refractivity contribution is -0.125. The summed E-state index contributed by atoms with van der Waals surface area (Å²) in [6, 6.07) is 15.8. The lowest BCUT2D eigenvalue weighted by Crippen LogP contribution is -2.56. The first kappa shape index (κ1) is 27.8. The van der Waals surface area contributed by atoms with Crippen molar-refractivity contribution in [2.24, 2.45) is 11.8 Å². The van der Waals surface area contributed by atoms with Crippen LogP contribution in [0.2, 0.25) is 0 Å². The molecule has 3 rings (SSSR count). The summed E-state index contributed by atoms with van der Waals surface area (Å²) < 4.78 is 6.31. The third-order valence-electron chi connectivity index (χ3n) is 5.93. The number of aliphatic hydroxyl groups is 1. The SMILES string of the molecule is COC(=O)N[C@H](C(=O)N[C@@H](Cc1ccccc1)[C@@H](O)CN(N)Cc1ccc(-n2cncn2)cc1)C(C)C. The molecule has 198 valence electrons. The van der Waals surface area contributed by atoms with Crippen LogP contribution < -0.4 is 16.5 Å². The van der Waals surface area contributed by atoms with Gasteiger partial charge in [-0.2, -0.15) is 5.10 Å². The van der Waals surface area contributed by atoms with Gasteiger partial charge in [0.1, 0.15) is 18.7 Å². The number of ether oxygens (including phenoxy) is 1. The molecule has 11 heteroatoms. The van der Waals surface area contributed by atoms with Gasteiger partial charge in [-0.25, -0.2) is 19.5 Å². The highest BCUT2D eigenvalue weighted by Gasteiger charge is 2.30. The number of hydrogen-bond acceptors (Lipinski definition) is 8. The van der Waals surface area contributed by atoms with Gasteiger partial charge in [0.15, 0.2) is 0 Å². The van der Waals surface area contributed by atoms with E-state index in [4.69, 9.17) is 5.84 Å². The first-order chi connectivity index (χ1) is 17.8. The van der Waals surface area contributed by atoms with Gasteiger partial charge in [0, 0.05) is 13.1 Å². The summed E-state index contributed by atoms with van der Waals surface area (Å²) in [5, 5.41) is 22.2. The van der Waals surface area contributed by atoms with Crippen LogP contribution in [0.5, 0.6) is 0 Å². The molecule has 0 radical (unpaired) electrons. The van der Waals surface area contributed by atoms with Crippen molar-refractivity contribution in [1.29, 1.82) is 0 Å². The summed E-state index contributed by atoms with van der Waals surface area (Å²) in [6.07, 6.45) is 1.80. The number of aromatic nitrogens is 3. The number of rotatable bonds is 12. The van der Waals surface area contributed by atoms with Gasteiger partial charge in [0.2, 0.25) is 5.91 Å². The predicted molar refractivity (Wildman–Crippen MR) is 138 cm³/mol. The highest BCUT2D eigenvalue weighted by Crippen LogP contribution is 2.12. The summed E-state index contributed by atoms with van der Waals surface area (Å²) in [7, 11) is 1.24. The van der Waals surface area contributed by atoms with E-state index in [9.17, 15) is 14.7 Å². The molecule has 0 aliphatic carbocycles. The van der Waals surface area contributed by atoms with Crippen LogP contribution in [0.3, 0.4) is 0 Å². The Labute approximate surface area is 216 Å². The maximum atomic E-state index is 13.1. The molecule has 2 aromatic carbocycles. The number of hydrogen-bond donors (Lipinski definition) is 4. The van der Waals surface area contributed by atoms with E-state index in [1.54, 1.807) is 11.0 Å². The highest BCUT2D eigenvalue weighted by atomic mass is 16.5. The Morgan fingerprint density at radius 3 is 2.38 bits per heavy atom. The second kappa shape index (κ2) is 13.5. The maximum absolute atomic E-state index is 13.1. The van der Waals surface area contributed by atoms with Crippen molar-refractivity contribution in [3.05, 3.63) is 78.4 Å². The Morgan fingerprint density at radius 1 is 1.08 bits per heavy atom. The summed E-state index contributed by atoms with van der Waals surface area (Å²) >= 11 is 0. The second-order valence-corrected chi connectivity index (χ2v) is 9.17. The summed E-state index contributed by atoms with van der Waals surface area (Å²) in [4.78, 5) is 28.8. The molecule has 0 fully saturated rings. The van der Waals surface area contributed by atoms with Crippen LogP contribution in [0, 0.1) is 5.92 Å². The van der Waals surface area contributed by atoms with Crippen molar-refractivity contribution in [2.75, 3.05) is 13.7 Å². The van der Waals surface area contributed by atoms with Crippen LogP contribution in [0.4, 0.5) is 4.79 Å². The van der Waals surface area contributed by atoms with Crippen molar-refractivity contribution >= 4 is 12.0 Å². The van der Waals surface area contributed by atoms with Gasteiger partial charge in [-0.05, 0) is 35.6 Å². The third-order valence-corrected chi connectivity index (χ3v) is 5.93. The average Bonchev–Trinajstić information content (AvgIpc) is 3.42. The molecule has 3 atom stereocenters. The van der Waals surface area contributed by atoms with Crippen LogP contribution in [-0.4, -0.2) is 68.7 Å². The van der Waals surface area contributed by atoms with Gasteiger partial charge < -0.3 is 20.5 Å². The Kier molecular flexibility index (Phi) is 10.1. The fourth-order valence-electron chi connectivity index (χ4n) is 3.91. The van der Waals surface area contributed by atoms with Crippen LogP contribution >= 0.6 is 0 Å². The molecule has 1 heterocycles. The zero-order valence-corrected chi connectivity index (χ0v) is 21.3. The number of amides is 2. The van der Waals surface area contributed by atoms with Gasteiger partial charge in [-0.1, -0.05) is 56.3 Å². The summed E-state index contributed by atoms with van der Waals surface area (Å²) in [5.41, 5.74) is 2.77. The van der Waals surface area contributed by atoms with Crippen LogP contribution in [0.25, 0.3) is 5.69 Å². The number of hydrazine groups is 1. The standard InChI is InChI=1S/C26H35N7O4/c1-18(2)24(31-26(36)37-3)25(35)30-22(13-19-7-5-4-6-8-19)23(34)15-32(27)14-20-9-11-21(12-10-20)33-17-28-16-29-33/h4-12,16-18,22-24,34H,13-15,27H2,1-3H3,(H,30,35)(H,31,36)/t22-,23-,24-/m0/s1. The molecular weight excluding hydrogens is 474 g/mol. The first-order valence-corrected chi connectivity index (χ1v) is 12.1. The zero-order valence-electron chi connectivity index (χ0n) is 21.3. The lowest BCUT2D eigenvalue weighted by atomic mass is 9.98. The van der Waals surface area contributed by atoms with Gasteiger partial charge in [-0.15, -0.1) is 0 Å². The number of nitrogens with zero attached hydrogens (tertiary/aromatic N) is 4. The topological polar surface area (TPSA) is 148 Å². The van der Waals surface area contributed by atoms with E-state index in [2.05, 4.69) is 25.5 Å². The largest absolute Gasteiger partial charge is 0.453 e. The van der Waals surface area contributed by atoms with Gasteiger partial charge in [-0.3, -0.25) is 10.6 Å². The maximum Gasteiger partial charge on any atom is 0.407 e. The van der Waals surface area contributed by atoms with Crippen molar-refractivity contribution < 1.29 is 19.4 Å². The number of benzene rings is 2. The molecule has 3 aromatic rings. The first-order valence-electron chi connectivity index (χ1n) is 12.1. The Balaban J connectivity index is 1.67. The van der Waals surface area contributed by atoms with E-state index in [-0.39, 0.29) is 12.5 Å². The molecule has 0 aliphatic heterocycles.